The number of aromatic nitrogens is 2. The lowest BCUT2D eigenvalue weighted by atomic mass is 10.2. The molecule has 0 atom stereocenters. The van der Waals surface area contributed by atoms with Gasteiger partial charge in [-0.25, -0.2) is 14.4 Å². The summed E-state index contributed by atoms with van der Waals surface area (Å²) in [5, 5.41) is 0.993. The van der Waals surface area contributed by atoms with E-state index < -0.39 is 0 Å². The number of methoxy groups -OCH3 is 1. The average Bonchev–Trinajstić information content (AvgIpc) is 2.48. The average molecular weight is 368 g/mol. The van der Waals surface area contributed by atoms with Gasteiger partial charge in [-0.1, -0.05) is 11.6 Å². The van der Waals surface area contributed by atoms with Crippen molar-refractivity contribution in [1.82, 2.24) is 9.97 Å². The van der Waals surface area contributed by atoms with Crippen LogP contribution in [0.1, 0.15) is 0 Å². The summed E-state index contributed by atoms with van der Waals surface area (Å²) in [6.45, 7) is 0. The molecule has 0 saturated heterocycles. The first-order valence-electron chi connectivity index (χ1n) is 6.06. The largest absolute Gasteiger partial charge is 0.494 e. The molecule has 0 aliphatic carbocycles. The molecule has 0 bridgehead atoms. The SMILES string of the molecule is COc1ccc(Br)c2c(Cl)nc(-c3ccc(F)cc3)nc12. The van der Waals surface area contributed by atoms with E-state index in [1.54, 1.807) is 25.3 Å². The number of halogens is 3. The zero-order valence-electron chi connectivity index (χ0n) is 10.9. The molecule has 21 heavy (non-hydrogen) atoms. The van der Waals surface area contributed by atoms with Gasteiger partial charge < -0.3 is 4.74 Å². The summed E-state index contributed by atoms with van der Waals surface area (Å²) in [5.74, 6) is 0.704. The molecule has 0 fully saturated rings. The Morgan fingerprint density at radius 2 is 1.81 bits per heavy atom. The van der Waals surface area contributed by atoms with Crippen LogP contribution in [0.25, 0.3) is 22.3 Å². The molecule has 1 heterocycles. The lowest BCUT2D eigenvalue weighted by Gasteiger charge is -2.09. The highest BCUT2D eigenvalue weighted by Crippen LogP contribution is 2.35. The van der Waals surface area contributed by atoms with Crippen LogP contribution in [0.15, 0.2) is 40.9 Å². The molecule has 0 radical (unpaired) electrons. The van der Waals surface area contributed by atoms with E-state index in [4.69, 9.17) is 16.3 Å². The van der Waals surface area contributed by atoms with Gasteiger partial charge >= 0.3 is 0 Å². The monoisotopic (exact) mass is 366 g/mol. The Labute approximate surface area is 133 Å². The molecule has 3 aromatic rings. The Morgan fingerprint density at radius 1 is 1.10 bits per heavy atom. The van der Waals surface area contributed by atoms with Crippen LogP contribution in [-0.4, -0.2) is 17.1 Å². The molecule has 106 valence electrons. The minimum absolute atomic E-state index is 0.310. The molecule has 0 unspecified atom stereocenters. The summed E-state index contributed by atoms with van der Waals surface area (Å²) < 4.78 is 19.1. The summed E-state index contributed by atoms with van der Waals surface area (Å²) >= 11 is 9.70. The quantitative estimate of drug-likeness (QED) is 0.607. The number of fused-ring (bicyclic) bond motifs is 1. The molecule has 6 heteroatoms. The van der Waals surface area contributed by atoms with Crippen LogP contribution in [0, 0.1) is 5.82 Å². The highest BCUT2D eigenvalue weighted by atomic mass is 79.9. The third-order valence-corrected chi connectivity index (χ3v) is 3.97. The van der Waals surface area contributed by atoms with E-state index >= 15 is 0 Å². The summed E-state index contributed by atoms with van der Waals surface area (Å²) in [6, 6.07) is 9.55. The Morgan fingerprint density at radius 3 is 2.48 bits per heavy atom. The summed E-state index contributed by atoms with van der Waals surface area (Å²) in [7, 11) is 1.57. The Kier molecular flexibility index (Phi) is 3.78. The van der Waals surface area contributed by atoms with Crippen LogP contribution < -0.4 is 4.74 Å². The Hall–Kier alpha value is -1.72. The zero-order valence-corrected chi connectivity index (χ0v) is 13.2. The lowest BCUT2D eigenvalue weighted by Crippen LogP contribution is -1.95. The lowest BCUT2D eigenvalue weighted by molar-refractivity contribution is 0.419. The van der Waals surface area contributed by atoms with Crippen molar-refractivity contribution in [2.75, 3.05) is 7.11 Å². The molecule has 1 aromatic heterocycles. The van der Waals surface area contributed by atoms with Gasteiger partial charge in [0.2, 0.25) is 0 Å². The van der Waals surface area contributed by atoms with Gasteiger partial charge in [0.25, 0.3) is 0 Å². The number of ether oxygens (including phenoxy) is 1. The maximum atomic E-state index is 13.0. The van der Waals surface area contributed by atoms with Crippen LogP contribution in [0.3, 0.4) is 0 Å². The first-order valence-corrected chi connectivity index (χ1v) is 7.23. The second-order valence-electron chi connectivity index (χ2n) is 4.32. The second-order valence-corrected chi connectivity index (χ2v) is 5.53. The molecule has 0 N–H and O–H groups in total. The normalized spacial score (nSPS) is 10.9. The molecule has 0 amide bonds. The van der Waals surface area contributed by atoms with Gasteiger partial charge in [-0.3, -0.25) is 0 Å². The standard InChI is InChI=1S/C15H9BrClFN2O/c1-21-11-7-6-10(16)12-13(11)19-15(20-14(12)17)8-2-4-9(18)5-3-8/h2-7H,1H3. The molecule has 3 nitrogen and oxygen atoms in total. The topological polar surface area (TPSA) is 35.0 Å². The number of hydrogen-bond donors (Lipinski definition) is 0. The fraction of sp³-hybridized carbons (Fsp3) is 0.0667. The minimum Gasteiger partial charge on any atom is -0.494 e. The van der Waals surface area contributed by atoms with Crippen LogP contribution in [0.2, 0.25) is 5.15 Å². The van der Waals surface area contributed by atoms with E-state index in [2.05, 4.69) is 25.9 Å². The first-order chi connectivity index (χ1) is 10.1. The van der Waals surface area contributed by atoms with Crippen LogP contribution in [0.5, 0.6) is 5.75 Å². The number of hydrogen-bond acceptors (Lipinski definition) is 3. The molecule has 3 rings (SSSR count). The van der Waals surface area contributed by atoms with E-state index in [0.717, 1.165) is 4.47 Å². The van der Waals surface area contributed by atoms with E-state index in [1.165, 1.54) is 12.1 Å². The molecule has 0 saturated carbocycles. The fourth-order valence-electron chi connectivity index (χ4n) is 2.03. The van der Waals surface area contributed by atoms with Crippen molar-refractivity contribution < 1.29 is 9.13 Å². The van der Waals surface area contributed by atoms with Gasteiger partial charge in [-0.05, 0) is 52.3 Å². The maximum Gasteiger partial charge on any atom is 0.161 e. The highest BCUT2D eigenvalue weighted by molar-refractivity contribution is 9.10. The van der Waals surface area contributed by atoms with Gasteiger partial charge in [0, 0.05) is 10.0 Å². The highest BCUT2D eigenvalue weighted by Gasteiger charge is 2.14. The third kappa shape index (κ3) is 2.59. The number of benzene rings is 2. The van der Waals surface area contributed by atoms with Crippen molar-refractivity contribution in [3.63, 3.8) is 0 Å². The smallest absolute Gasteiger partial charge is 0.161 e. The molecule has 0 aliphatic rings. The van der Waals surface area contributed by atoms with Crippen LogP contribution in [-0.2, 0) is 0 Å². The van der Waals surface area contributed by atoms with E-state index in [9.17, 15) is 4.39 Å². The zero-order chi connectivity index (χ0) is 15.0. The number of nitrogens with zero attached hydrogens (tertiary/aromatic N) is 2. The molecule has 2 aromatic carbocycles. The third-order valence-electron chi connectivity index (χ3n) is 3.04. The molecular weight excluding hydrogens is 359 g/mol. The van der Waals surface area contributed by atoms with E-state index in [-0.39, 0.29) is 5.82 Å². The van der Waals surface area contributed by atoms with Gasteiger partial charge in [0.05, 0.1) is 12.5 Å². The maximum absolute atomic E-state index is 13.0. The molecular formula is C15H9BrClFN2O. The van der Waals surface area contributed by atoms with E-state index in [0.29, 0.717) is 33.2 Å². The van der Waals surface area contributed by atoms with Gasteiger partial charge in [0.15, 0.2) is 5.82 Å². The number of rotatable bonds is 2. The van der Waals surface area contributed by atoms with Gasteiger partial charge in [-0.15, -0.1) is 0 Å². The van der Waals surface area contributed by atoms with Crippen LogP contribution >= 0.6 is 27.5 Å². The van der Waals surface area contributed by atoms with Crippen molar-refractivity contribution in [2.45, 2.75) is 0 Å². The Balaban J connectivity index is 2.29. The molecule has 0 aliphatic heterocycles. The Bertz CT molecular complexity index is 824. The fourth-order valence-corrected chi connectivity index (χ4v) is 2.92. The summed E-state index contributed by atoms with van der Waals surface area (Å²) in [5.41, 5.74) is 1.29. The summed E-state index contributed by atoms with van der Waals surface area (Å²) in [4.78, 5) is 8.78. The van der Waals surface area contributed by atoms with Crippen molar-refractivity contribution in [3.8, 4) is 17.1 Å². The first kappa shape index (κ1) is 14.2. The predicted octanol–water partition coefficient (Wildman–Crippen LogP) is 4.86. The van der Waals surface area contributed by atoms with Crippen molar-refractivity contribution in [1.29, 1.82) is 0 Å². The van der Waals surface area contributed by atoms with Crippen molar-refractivity contribution in [2.24, 2.45) is 0 Å². The summed E-state index contributed by atoms with van der Waals surface area (Å²) in [6.07, 6.45) is 0. The molecule has 0 spiro atoms. The van der Waals surface area contributed by atoms with Crippen LogP contribution in [0.4, 0.5) is 4.39 Å². The minimum atomic E-state index is -0.314. The second kappa shape index (κ2) is 5.58. The van der Waals surface area contributed by atoms with Crippen molar-refractivity contribution >= 4 is 38.4 Å². The predicted molar refractivity (Wildman–Crippen MR) is 84.2 cm³/mol. The van der Waals surface area contributed by atoms with Crippen molar-refractivity contribution in [3.05, 3.63) is 51.8 Å². The van der Waals surface area contributed by atoms with E-state index in [1.807, 2.05) is 6.07 Å². The van der Waals surface area contributed by atoms with Gasteiger partial charge in [0.1, 0.15) is 22.2 Å². The van der Waals surface area contributed by atoms with Gasteiger partial charge in [-0.2, -0.15) is 0 Å².